The predicted octanol–water partition coefficient (Wildman–Crippen LogP) is 2.30. The molecule has 14 heavy (non-hydrogen) atoms. The van der Waals surface area contributed by atoms with Crippen LogP contribution in [0.4, 0.5) is 0 Å². The Morgan fingerprint density at radius 1 is 1.43 bits per heavy atom. The van der Waals surface area contributed by atoms with E-state index in [1.807, 2.05) is 6.07 Å². The van der Waals surface area contributed by atoms with Crippen molar-refractivity contribution >= 4 is 44.0 Å². The Morgan fingerprint density at radius 2 is 2.07 bits per heavy atom. The number of halogens is 2. The molecule has 0 aliphatic rings. The Morgan fingerprint density at radius 3 is 2.57 bits per heavy atom. The number of rotatable bonds is 0. The summed E-state index contributed by atoms with van der Waals surface area (Å²) in [4.78, 5) is 0. The van der Waals surface area contributed by atoms with E-state index in [2.05, 4.69) is 33.8 Å². The van der Waals surface area contributed by atoms with Crippen LogP contribution in [0.5, 0.6) is 0 Å². The van der Waals surface area contributed by atoms with Crippen LogP contribution < -0.4 is 0 Å². The first-order valence-electron chi connectivity index (χ1n) is 3.57. The van der Waals surface area contributed by atoms with Gasteiger partial charge in [-0.15, -0.1) is 0 Å². The molecular weight excluding hydrogens is 335 g/mol. The third-order valence-electron chi connectivity index (χ3n) is 1.32. The zero-order chi connectivity index (χ0) is 10.8. The molecule has 0 aromatic heterocycles. The van der Waals surface area contributed by atoms with Crippen LogP contribution in [0.1, 0.15) is 5.56 Å². The van der Waals surface area contributed by atoms with Gasteiger partial charge in [0.25, 0.3) is 0 Å². The van der Waals surface area contributed by atoms with Gasteiger partial charge in [-0.25, -0.2) is 8.42 Å². The van der Waals surface area contributed by atoms with E-state index in [4.69, 9.17) is 11.6 Å². The summed E-state index contributed by atoms with van der Waals surface area (Å²) in [6, 6.07) is 5.28. The van der Waals surface area contributed by atoms with Crippen LogP contribution in [0, 0.1) is 14.7 Å². The van der Waals surface area contributed by atoms with E-state index in [0.717, 1.165) is 9.83 Å². The van der Waals surface area contributed by atoms with E-state index in [9.17, 15) is 8.42 Å². The second kappa shape index (κ2) is 4.51. The van der Waals surface area contributed by atoms with Crippen molar-refractivity contribution in [3.63, 3.8) is 0 Å². The van der Waals surface area contributed by atoms with E-state index in [0.29, 0.717) is 10.6 Å². The smallest absolute Gasteiger partial charge is 0.214 e. The van der Waals surface area contributed by atoms with Crippen molar-refractivity contribution in [2.45, 2.75) is 0 Å². The summed E-state index contributed by atoms with van der Waals surface area (Å²) in [7, 11) is -3.28. The molecular formula is C9H6ClIO2S. The second-order valence-corrected chi connectivity index (χ2v) is 5.91. The van der Waals surface area contributed by atoms with Gasteiger partial charge in [-0.05, 0) is 40.6 Å². The van der Waals surface area contributed by atoms with Gasteiger partial charge in [0.05, 0.1) is 16.8 Å². The quantitative estimate of drug-likeness (QED) is 0.536. The maximum Gasteiger partial charge on any atom is 0.214 e. The Labute approximate surface area is 102 Å². The van der Waals surface area contributed by atoms with E-state index in [-0.39, 0.29) is 0 Å². The average molecular weight is 341 g/mol. The Balaban J connectivity index is 3.26. The van der Waals surface area contributed by atoms with Crippen LogP contribution >= 0.6 is 34.2 Å². The molecule has 0 aliphatic carbocycles. The molecule has 1 aromatic carbocycles. The molecule has 1 aromatic rings. The van der Waals surface area contributed by atoms with Crippen LogP contribution in [0.3, 0.4) is 0 Å². The van der Waals surface area contributed by atoms with Crippen molar-refractivity contribution in [2.75, 3.05) is 6.26 Å². The fourth-order valence-electron chi connectivity index (χ4n) is 0.761. The SMILES string of the molecule is CS(=O)(=O)C#Cc1c(Cl)cccc1I. The highest BCUT2D eigenvalue weighted by molar-refractivity contribution is 14.1. The minimum Gasteiger partial charge on any atom is -0.216 e. The molecule has 0 amide bonds. The largest absolute Gasteiger partial charge is 0.216 e. The summed E-state index contributed by atoms with van der Waals surface area (Å²) in [5.74, 6) is 2.54. The molecule has 0 unspecified atom stereocenters. The minimum absolute atomic E-state index is 0.466. The Hall–Kier alpha value is -0.250. The topological polar surface area (TPSA) is 34.1 Å². The molecule has 0 heterocycles. The fourth-order valence-corrected chi connectivity index (χ4v) is 2.06. The van der Waals surface area contributed by atoms with E-state index in [1.165, 1.54) is 0 Å². The van der Waals surface area contributed by atoms with E-state index < -0.39 is 9.84 Å². The molecule has 1 rings (SSSR count). The lowest BCUT2D eigenvalue weighted by atomic mass is 10.2. The highest BCUT2D eigenvalue weighted by Crippen LogP contribution is 2.20. The van der Waals surface area contributed by atoms with Gasteiger partial charge in [0.15, 0.2) is 0 Å². The molecule has 0 spiro atoms. The van der Waals surface area contributed by atoms with E-state index in [1.54, 1.807) is 12.1 Å². The van der Waals surface area contributed by atoms with Gasteiger partial charge in [0, 0.05) is 8.82 Å². The zero-order valence-corrected chi connectivity index (χ0v) is 10.9. The summed E-state index contributed by atoms with van der Waals surface area (Å²) in [6.45, 7) is 0. The lowest BCUT2D eigenvalue weighted by Crippen LogP contribution is -1.90. The van der Waals surface area contributed by atoms with Crippen molar-refractivity contribution in [3.8, 4) is 11.2 Å². The molecule has 5 heteroatoms. The molecule has 74 valence electrons. The van der Waals surface area contributed by atoms with Crippen LogP contribution in [-0.2, 0) is 9.84 Å². The zero-order valence-electron chi connectivity index (χ0n) is 7.21. The van der Waals surface area contributed by atoms with Crippen LogP contribution in [0.25, 0.3) is 0 Å². The number of hydrogen-bond acceptors (Lipinski definition) is 2. The van der Waals surface area contributed by atoms with Crippen molar-refractivity contribution < 1.29 is 8.42 Å². The van der Waals surface area contributed by atoms with Crippen molar-refractivity contribution in [2.24, 2.45) is 0 Å². The minimum atomic E-state index is -3.28. The lowest BCUT2D eigenvalue weighted by Gasteiger charge is -1.97. The van der Waals surface area contributed by atoms with Crippen LogP contribution in [0.2, 0.25) is 5.02 Å². The molecule has 0 saturated carbocycles. The summed E-state index contributed by atoms with van der Waals surface area (Å²) in [5.41, 5.74) is 0.556. The highest BCUT2D eigenvalue weighted by atomic mass is 127. The third kappa shape index (κ3) is 3.48. The second-order valence-electron chi connectivity index (χ2n) is 2.60. The molecule has 2 nitrogen and oxygen atoms in total. The van der Waals surface area contributed by atoms with Gasteiger partial charge >= 0.3 is 0 Å². The first-order valence-corrected chi connectivity index (χ1v) is 6.92. The lowest BCUT2D eigenvalue weighted by molar-refractivity contribution is 0.611. The monoisotopic (exact) mass is 340 g/mol. The summed E-state index contributed by atoms with van der Waals surface area (Å²) >= 11 is 7.91. The van der Waals surface area contributed by atoms with E-state index >= 15 is 0 Å². The normalized spacial score (nSPS) is 10.5. The Bertz CT molecular complexity index is 491. The molecule has 0 fully saturated rings. The van der Waals surface area contributed by atoms with Crippen molar-refractivity contribution in [1.82, 2.24) is 0 Å². The predicted molar refractivity (Wildman–Crippen MR) is 65.9 cm³/mol. The van der Waals surface area contributed by atoms with Crippen molar-refractivity contribution in [3.05, 3.63) is 32.4 Å². The average Bonchev–Trinajstić information content (AvgIpc) is 2.01. The summed E-state index contributed by atoms with van der Waals surface area (Å²) in [5, 5.41) is 2.62. The first-order chi connectivity index (χ1) is 6.40. The highest BCUT2D eigenvalue weighted by Gasteiger charge is 2.01. The third-order valence-corrected chi connectivity index (χ3v) is 3.01. The molecule has 0 N–H and O–H groups in total. The van der Waals surface area contributed by atoms with Crippen LogP contribution in [-0.4, -0.2) is 14.7 Å². The number of benzene rings is 1. The Kier molecular flexibility index (Phi) is 3.81. The van der Waals surface area contributed by atoms with Gasteiger partial charge in [-0.3, -0.25) is 0 Å². The molecule has 0 radical (unpaired) electrons. The van der Waals surface area contributed by atoms with Gasteiger partial charge in [0.2, 0.25) is 9.84 Å². The number of sulfone groups is 1. The molecule has 0 aliphatic heterocycles. The van der Waals surface area contributed by atoms with Gasteiger partial charge in [-0.1, -0.05) is 17.7 Å². The van der Waals surface area contributed by atoms with Gasteiger partial charge in [0.1, 0.15) is 0 Å². The maximum atomic E-state index is 10.8. The number of hydrogen-bond donors (Lipinski definition) is 0. The molecule has 0 atom stereocenters. The first kappa shape index (κ1) is 11.8. The summed E-state index contributed by atoms with van der Waals surface area (Å²) < 4.78 is 22.5. The maximum absolute atomic E-state index is 10.8. The summed E-state index contributed by atoms with van der Waals surface area (Å²) in [6.07, 6.45) is 1.06. The fraction of sp³-hybridized carbons (Fsp3) is 0.111. The molecule has 0 saturated heterocycles. The standard InChI is InChI=1S/C9H6ClIO2S/c1-14(12,13)6-5-7-8(10)3-2-4-9(7)11/h2-4H,1H3. The van der Waals surface area contributed by atoms with Gasteiger partial charge in [-0.2, -0.15) is 0 Å². The van der Waals surface area contributed by atoms with Crippen LogP contribution in [0.15, 0.2) is 18.2 Å². The van der Waals surface area contributed by atoms with Gasteiger partial charge < -0.3 is 0 Å². The molecule has 0 bridgehead atoms. The van der Waals surface area contributed by atoms with Crippen molar-refractivity contribution in [1.29, 1.82) is 0 Å².